The van der Waals surface area contributed by atoms with Crippen LogP contribution < -0.4 is 10.2 Å². The monoisotopic (exact) mass is 306 g/mol. The van der Waals surface area contributed by atoms with Crippen molar-refractivity contribution in [3.05, 3.63) is 5.82 Å². The average Bonchev–Trinajstić information content (AvgIpc) is 2.89. The molecule has 4 nitrogen and oxygen atoms in total. The molecule has 1 saturated heterocycles. The third-order valence-electron chi connectivity index (χ3n) is 3.72. The van der Waals surface area contributed by atoms with E-state index in [-0.39, 0.29) is 0 Å². The number of hydrogen-bond acceptors (Lipinski definition) is 5. The fraction of sp³-hybridized carbons (Fsp3) is 0.833. The second-order valence-electron chi connectivity index (χ2n) is 5.54. The van der Waals surface area contributed by atoms with Crippen molar-refractivity contribution in [2.75, 3.05) is 24.5 Å². The first-order chi connectivity index (χ1) is 9.52. The van der Waals surface area contributed by atoms with Gasteiger partial charge in [-0.15, -0.1) is 0 Å². The number of anilines is 1. The van der Waals surface area contributed by atoms with Gasteiger partial charge in [0.25, 0.3) is 0 Å². The summed E-state index contributed by atoms with van der Waals surface area (Å²) in [7, 11) is 0. The highest BCUT2D eigenvalue weighted by molar-refractivity contribution is 7.09. The largest absolute Gasteiger partial charge is 0.452 e. The molecule has 3 rings (SSSR count). The predicted molar refractivity (Wildman–Crippen MR) is 70.9 cm³/mol. The van der Waals surface area contributed by atoms with Crippen LogP contribution in [0.5, 0.6) is 0 Å². The highest BCUT2D eigenvalue weighted by Gasteiger charge is 2.37. The lowest BCUT2D eigenvalue weighted by molar-refractivity contribution is -0.144. The van der Waals surface area contributed by atoms with E-state index in [1.54, 1.807) is 0 Å². The summed E-state index contributed by atoms with van der Waals surface area (Å²) in [5.41, 5.74) is 0. The van der Waals surface area contributed by atoms with Crippen molar-refractivity contribution in [2.45, 2.75) is 37.9 Å². The molecule has 2 aliphatic rings. The molecule has 1 aliphatic carbocycles. The number of rotatable bonds is 5. The van der Waals surface area contributed by atoms with E-state index in [0.717, 1.165) is 44.0 Å². The van der Waals surface area contributed by atoms with E-state index < -0.39 is 12.0 Å². The molecule has 2 fully saturated rings. The number of alkyl halides is 3. The van der Waals surface area contributed by atoms with Crippen LogP contribution in [0.15, 0.2) is 0 Å². The molecule has 1 saturated carbocycles. The first-order valence-corrected chi connectivity index (χ1v) is 7.69. The zero-order valence-corrected chi connectivity index (χ0v) is 11.8. The zero-order valence-electron chi connectivity index (χ0n) is 11.0. The summed E-state index contributed by atoms with van der Waals surface area (Å²) in [6.45, 7) is 2.51. The molecule has 1 aliphatic heterocycles. The minimum atomic E-state index is -4.45. The van der Waals surface area contributed by atoms with Crippen LogP contribution in [0.1, 0.15) is 31.5 Å². The lowest BCUT2D eigenvalue weighted by Crippen LogP contribution is -2.38. The number of halogens is 3. The maximum Gasteiger partial charge on any atom is 0.452 e. The minimum absolute atomic E-state index is 0.354. The molecular weight excluding hydrogens is 289 g/mol. The Balaban J connectivity index is 1.71. The van der Waals surface area contributed by atoms with Crippen molar-refractivity contribution < 1.29 is 13.2 Å². The van der Waals surface area contributed by atoms with Crippen LogP contribution in [-0.2, 0) is 6.18 Å². The van der Waals surface area contributed by atoms with Gasteiger partial charge in [-0.05, 0) is 38.1 Å². The maximum absolute atomic E-state index is 12.6. The number of hydrogen-bond donors (Lipinski definition) is 1. The molecule has 1 N–H and O–H groups in total. The molecular formula is C12H17F3N4S. The summed E-state index contributed by atoms with van der Waals surface area (Å²) >= 11 is 0.855. The van der Waals surface area contributed by atoms with Gasteiger partial charge in [0.1, 0.15) is 0 Å². The van der Waals surface area contributed by atoms with Crippen LogP contribution in [0, 0.1) is 5.92 Å². The molecule has 0 bridgehead atoms. The molecule has 8 heteroatoms. The molecule has 0 amide bonds. The molecule has 0 radical (unpaired) electrons. The van der Waals surface area contributed by atoms with Gasteiger partial charge in [0.05, 0.1) is 0 Å². The quantitative estimate of drug-likeness (QED) is 0.907. The number of aromatic nitrogens is 2. The van der Waals surface area contributed by atoms with Crippen LogP contribution in [0.25, 0.3) is 0 Å². The summed E-state index contributed by atoms with van der Waals surface area (Å²) in [5.74, 6) is -0.410. The van der Waals surface area contributed by atoms with Crippen molar-refractivity contribution in [3.8, 4) is 0 Å². The van der Waals surface area contributed by atoms with Crippen LogP contribution in [0.3, 0.4) is 0 Å². The Kier molecular flexibility index (Phi) is 3.85. The van der Waals surface area contributed by atoms with Gasteiger partial charge in [0, 0.05) is 30.7 Å². The van der Waals surface area contributed by atoms with Crippen molar-refractivity contribution >= 4 is 16.7 Å². The van der Waals surface area contributed by atoms with Gasteiger partial charge in [0.15, 0.2) is 0 Å². The van der Waals surface area contributed by atoms with Crippen molar-refractivity contribution in [2.24, 2.45) is 5.92 Å². The van der Waals surface area contributed by atoms with Gasteiger partial charge in [0.2, 0.25) is 11.0 Å². The Morgan fingerprint density at radius 2 is 2.05 bits per heavy atom. The fourth-order valence-electron chi connectivity index (χ4n) is 2.48. The first kappa shape index (κ1) is 14.1. The third kappa shape index (κ3) is 3.41. The lowest BCUT2D eigenvalue weighted by Gasteiger charge is -2.24. The van der Waals surface area contributed by atoms with Gasteiger partial charge < -0.3 is 10.2 Å². The highest BCUT2D eigenvalue weighted by Crippen LogP contribution is 2.34. The summed E-state index contributed by atoms with van der Waals surface area (Å²) in [6.07, 6.45) is 0.0859. The van der Waals surface area contributed by atoms with Gasteiger partial charge in [-0.3, -0.25) is 0 Å². The fourth-order valence-corrected chi connectivity index (χ4v) is 3.18. The van der Waals surface area contributed by atoms with E-state index in [9.17, 15) is 13.2 Å². The average molecular weight is 306 g/mol. The molecule has 0 spiro atoms. The van der Waals surface area contributed by atoms with E-state index in [2.05, 4.69) is 14.7 Å². The van der Waals surface area contributed by atoms with Gasteiger partial charge in [-0.2, -0.15) is 22.5 Å². The Morgan fingerprint density at radius 1 is 1.25 bits per heavy atom. The Hall–Kier alpha value is -0.890. The third-order valence-corrected chi connectivity index (χ3v) is 4.50. The van der Waals surface area contributed by atoms with Crippen LogP contribution in [-0.4, -0.2) is 35.0 Å². The smallest absolute Gasteiger partial charge is 0.345 e. The summed E-state index contributed by atoms with van der Waals surface area (Å²) in [4.78, 5) is 5.67. The van der Waals surface area contributed by atoms with E-state index in [1.165, 1.54) is 12.8 Å². The normalized spacial score (nSPS) is 23.2. The SMILES string of the molecule is FC(F)(F)c1nsc(N(CC2CC2)CC2CCCN2)n1. The first-order valence-electron chi connectivity index (χ1n) is 6.91. The molecule has 2 heterocycles. The molecule has 1 aromatic rings. The maximum atomic E-state index is 12.6. The topological polar surface area (TPSA) is 41.1 Å². The van der Waals surface area contributed by atoms with E-state index in [0.29, 0.717) is 17.1 Å². The van der Waals surface area contributed by atoms with Gasteiger partial charge in [-0.1, -0.05) is 0 Å². The number of nitrogens with zero attached hydrogens (tertiary/aromatic N) is 3. The molecule has 1 atom stereocenters. The van der Waals surface area contributed by atoms with Crippen LogP contribution >= 0.6 is 11.5 Å². The van der Waals surface area contributed by atoms with E-state index >= 15 is 0 Å². The Labute approximate surface area is 119 Å². The van der Waals surface area contributed by atoms with E-state index in [1.807, 2.05) is 4.90 Å². The summed E-state index contributed by atoms with van der Waals surface area (Å²) in [5, 5.41) is 3.78. The lowest BCUT2D eigenvalue weighted by atomic mass is 10.2. The minimum Gasteiger partial charge on any atom is -0.345 e. The second kappa shape index (κ2) is 5.48. The van der Waals surface area contributed by atoms with Gasteiger partial charge in [-0.25, -0.2) is 0 Å². The van der Waals surface area contributed by atoms with Crippen LogP contribution in [0.2, 0.25) is 0 Å². The summed E-state index contributed by atoms with van der Waals surface area (Å²) < 4.78 is 41.2. The summed E-state index contributed by atoms with van der Waals surface area (Å²) in [6, 6.07) is 0.354. The zero-order chi connectivity index (χ0) is 14.2. The standard InChI is InChI=1S/C12H17F3N4S/c13-12(14,15)10-17-11(20-18-10)19(6-8-3-4-8)7-9-2-1-5-16-9/h8-9,16H,1-7H2. The predicted octanol–water partition coefficient (Wildman–Crippen LogP) is 2.53. The van der Waals surface area contributed by atoms with Crippen molar-refractivity contribution in [1.29, 1.82) is 0 Å². The molecule has 0 aromatic carbocycles. The molecule has 20 heavy (non-hydrogen) atoms. The van der Waals surface area contributed by atoms with Gasteiger partial charge >= 0.3 is 6.18 Å². The Bertz CT molecular complexity index is 452. The Morgan fingerprint density at radius 3 is 2.60 bits per heavy atom. The van der Waals surface area contributed by atoms with Crippen LogP contribution in [0.4, 0.5) is 18.3 Å². The van der Waals surface area contributed by atoms with Crippen molar-refractivity contribution in [1.82, 2.24) is 14.7 Å². The second-order valence-corrected chi connectivity index (χ2v) is 6.27. The number of nitrogens with one attached hydrogen (secondary N) is 1. The van der Waals surface area contributed by atoms with Crippen molar-refractivity contribution in [3.63, 3.8) is 0 Å². The molecule has 1 aromatic heterocycles. The van der Waals surface area contributed by atoms with E-state index in [4.69, 9.17) is 0 Å². The highest BCUT2D eigenvalue weighted by atomic mass is 32.1. The molecule has 112 valence electrons. The molecule has 1 unspecified atom stereocenters.